The Morgan fingerprint density at radius 1 is 1.60 bits per heavy atom. The highest BCUT2D eigenvalue weighted by Gasteiger charge is 2.17. The molecule has 0 radical (unpaired) electrons. The fourth-order valence-corrected chi connectivity index (χ4v) is 4.05. The normalized spacial score (nSPS) is 23.5. The summed E-state index contributed by atoms with van der Waals surface area (Å²) in [6.07, 6.45) is 1.74. The first-order chi connectivity index (χ1) is 7.24. The zero-order chi connectivity index (χ0) is 11.1. The van der Waals surface area contributed by atoms with E-state index in [1.165, 1.54) is 11.5 Å². The maximum Gasteiger partial charge on any atom is 0.236 e. The second-order valence-corrected chi connectivity index (χ2v) is 6.27. The fraction of sp³-hybridized carbons (Fsp3) is 0.900. The van der Waals surface area contributed by atoms with Crippen molar-refractivity contribution >= 4 is 29.4 Å². The van der Waals surface area contributed by atoms with E-state index in [0.29, 0.717) is 5.25 Å². The van der Waals surface area contributed by atoms with Gasteiger partial charge in [0.15, 0.2) is 0 Å². The summed E-state index contributed by atoms with van der Waals surface area (Å²) in [6.45, 7) is 2.81. The molecule has 2 atom stereocenters. The number of nitrogens with one attached hydrogen (secondary N) is 1. The van der Waals surface area contributed by atoms with Crippen LogP contribution in [0.5, 0.6) is 0 Å². The Balaban J connectivity index is 2.14. The third-order valence-corrected chi connectivity index (χ3v) is 5.17. The van der Waals surface area contributed by atoms with Crippen molar-refractivity contribution in [1.29, 1.82) is 0 Å². The number of carbonyl (C=O) groups excluding carboxylic acids is 1. The predicted octanol–water partition coefficient (Wildman–Crippen LogP) is 1.08. The van der Waals surface area contributed by atoms with E-state index in [2.05, 4.69) is 5.32 Å². The molecule has 0 spiro atoms. The zero-order valence-corrected chi connectivity index (χ0v) is 10.8. The van der Waals surface area contributed by atoms with E-state index in [0.717, 1.165) is 25.1 Å². The Kier molecular flexibility index (Phi) is 6.52. The lowest BCUT2D eigenvalue weighted by Crippen LogP contribution is -2.43. The van der Waals surface area contributed by atoms with Crippen LogP contribution >= 0.6 is 23.5 Å². The van der Waals surface area contributed by atoms with Crippen LogP contribution < -0.4 is 11.1 Å². The summed E-state index contributed by atoms with van der Waals surface area (Å²) in [5, 5.41) is 3.51. The minimum atomic E-state index is -0.323. The van der Waals surface area contributed by atoms with Crippen LogP contribution in [0.4, 0.5) is 0 Å². The number of nitrogens with two attached hydrogens (primary N) is 1. The molecule has 1 rings (SSSR count). The Morgan fingerprint density at radius 2 is 2.40 bits per heavy atom. The van der Waals surface area contributed by atoms with E-state index >= 15 is 0 Å². The van der Waals surface area contributed by atoms with Gasteiger partial charge < -0.3 is 11.1 Å². The molecule has 0 saturated carbocycles. The highest BCUT2D eigenvalue weighted by molar-refractivity contribution is 8.06. The Labute approximate surface area is 100 Å². The van der Waals surface area contributed by atoms with Gasteiger partial charge in [0.05, 0.1) is 6.04 Å². The minimum Gasteiger partial charge on any atom is -0.354 e. The van der Waals surface area contributed by atoms with Crippen LogP contribution in [0.25, 0.3) is 0 Å². The molecule has 0 aromatic carbocycles. The average molecular weight is 248 g/mol. The molecule has 15 heavy (non-hydrogen) atoms. The summed E-state index contributed by atoms with van der Waals surface area (Å²) in [7, 11) is 0. The maximum atomic E-state index is 11.5. The molecule has 1 saturated heterocycles. The Morgan fingerprint density at radius 3 is 3.00 bits per heavy atom. The summed E-state index contributed by atoms with van der Waals surface area (Å²) >= 11 is 3.92. The van der Waals surface area contributed by atoms with Crippen molar-refractivity contribution in [1.82, 2.24) is 5.32 Å². The van der Waals surface area contributed by atoms with Gasteiger partial charge in [-0.05, 0) is 6.42 Å². The first kappa shape index (κ1) is 13.2. The van der Waals surface area contributed by atoms with Crippen LogP contribution in [0.3, 0.4) is 0 Å². The highest BCUT2D eigenvalue weighted by Crippen LogP contribution is 2.23. The summed E-state index contributed by atoms with van der Waals surface area (Å²) < 4.78 is 0. The smallest absolute Gasteiger partial charge is 0.236 e. The molecule has 1 fully saturated rings. The molecule has 0 aromatic heterocycles. The maximum absolute atomic E-state index is 11.5. The van der Waals surface area contributed by atoms with Gasteiger partial charge >= 0.3 is 0 Å². The first-order valence-corrected chi connectivity index (χ1v) is 7.67. The lowest BCUT2D eigenvalue weighted by molar-refractivity contribution is -0.122. The van der Waals surface area contributed by atoms with Crippen LogP contribution in [0.2, 0.25) is 0 Å². The molecule has 1 heterocycles. The van der Waals surface area contributed by atoms with Gasteiger partial charge in [0.2, 0.25) is 5.91 Å². The molecule has 0 aliphatic carbocycles. The standard InChI is InChI=1S/C10H20N2OS2/c1-2-3-9(11)10(13)12-6-8-7-14-4-5-15-8/h8-9H,2-7,11H2,1H3,(H,12,13)/t8?,9-/m0/s1. The van der Waals surface area contributed by atoms with E-state index in [9.17, 15) is 4.79 Å². The number of hydrogen-bond acceptors (Lipinski definition) is 4. The molecule has 1 amide bonds. The summed E-state index contributed by atoms with van der Waals surface area (Å²) in [4.78, 5) is 11.5. The highest BCUT2D eigenvalue weighted by atomic mass is 32.2. The second-order valence-electron chi connectivity index (χ2n) is 3.71. The van der Waals surface area contributed by atoms with Crippen LogP contribution in [0.15, 0.2) is 0 Å². The van der Waals surface area contributed by atoms with Crippen molar-refractivity contribution in [2.24, 2.45) is 5.73 Å². The van der Waals surface area contributed by atoms with Gasteiger partial charge in [-0.2, -0.15) is 23.5 Å². The summed E-state index contributed by atoms with van der Waals surface area (Å²) in [5.74, 6) is 3.60. The predicted molar refractivity (Wildman–Crippen MR) is 69.5 cm³/mol. The van der Waals surface area contributed by atoms with Crippen LogP contribution in [-0.2, 0) is 4.79 Å². The fourth-order valence-electron chi connectivity index (χ4n) is 1.44. The second kappa shape index (κ2) is 7.41. The van der Waals surface area contributed by atoms with Crippen LogP contribution in [0, 0.1) is 0 Å². The van der Waals surface area contributed by atoms with Crippen LogP contribution in [-0.4, -0.2) is 41.0 Å². The van der Waals surface area contributed by atoms with Gasteiger partial charge in [-0.15, -0.1) is 0 Å². The van der Waals surface area contributed by atoms with Crippen molar-refractivity contribution in [3.63, 3.8) is 0 Å². The molecule has 5 heteroatoms. The Hall–Kier alpha value is 0.130. The lowest BCUT2D eigenvalue weighted by Gasteiger charge is -2.22. The lowest BCUT2D eigenvalue weighted by atomic mass is 10.2. The number of thioether (sulfide) groups is 2. The van der Waals surface area contributed by atoms with Gasteiger partial charge in [-0.25, -0.2) is 0 Å². The van der Waals surface area contributed by atoms with Gasteiger partial charge in [0, 0.05) is 29.1 Å². The molecular weight excluding hydrogens is 228 g/mol. The topological polar surface area (TPSA) is 55.1 Å². The van der Waals surface area contributed by atoms with Crippen molar-refractivity contribution in [2.75, 3.05) is 23.8 Å². The minimum absolute atomic E-state index is 0.00743. The van der Waals surface area contributed by atoms with Gasteiger partial charge in [-0.3, -0.25) is 4.79 Å². The van der Waals surface area contributed by atoms with E-state index in [1.54, 1.807) is 0 Å². The monoisotopic (exact) mass is 248 g/mol. The molecule has 1 aliphatic rings. The average Bonchev–Trinajstić information content (AvgIpc) is 2.27. The third kappa shape index (κ3) is 5.13. The quantitative estimate of drug-likeness (QED) is 0.764. The summed E-state index contributed by atoms with van der Waals surface area (Å²) in [6, 6.07) is -0.323. The van der Waals surface area contributed by atoms with Gasteiger partial charge in [-0.1, -0.05) is 13.3 Å². The SMILES string of the molecule is CCC[C@H](N)C(=O)NCC1CSCCS1. The van der Waals surface area contributed by atoms with Crippen LogP contribution in [0.1, 0.15) is 19.8 Å². The molecule has 3 nitrogen and oxygen atoms in total. The van der Waals surface area contributed by atoms with Crippen molar-refractivity contribution in [3.05, 3.63) is 0 Å². The van der Waals surface area contributed by atoms with E-state index < -0.39 is 0 Å². The summed E-state index contributed by atoms with van der Waals surface area (Å²) in [5.41, 5.74) is 5.72. The van der Waals surface area contributed by atoms with E-state index in [-0.39, 0.29) is 11.9 Å². The number of rotatable bonds is 5. The zero-order valence-electron chi connectivity index (χ0n) is 9.20. The number of hydrogen-bond donors (Lipinski definition) is 2. The molecule has 0 aromatic rings. The molecular formula is C10H20N2OS2. The van der Waals surface area contributed by atoms with Gasteiger partial charge in [0.1, 0.15) is 0 Å². The van der Waals surface area contributed by atoms with E-state index in [1.807, 2.05) is 30.4 Å². The Bertz CT molecular complexity index is 196. The van der Waals surface area contributed by atoms with Crippen molar-refractivity contribution in [3.8, 4) is 0 Å². The first-order valence-electron chi connectivity index (χ1n) is 5.46. The molecule has 3 N–H and O–H groups in total. The molecule has 1 aliphatic heterocycles. The largest absolute Gasteiger partial charge is 0.354 e. The number of carbonyl (C=O) groups is 1. The van der Waals surface area contributed by atoms with Crippen molar-refractivity contribution < 1.29 is 4.79 Å². The molecule has 1 unspecified atom stereocenters. The number of amides is 1. The molecule has 88 valence electrons. The molecule has 0 bridgehead atoms. The van der Waals surface area contributed by atoms with Gasteiger partial charge in [0.25, 0.3) is 0 Å². The third-order valence-electron chi connectivity index (χ3n) is 2.33. The van der Waals surface area contributed by atoms with E-state index in [4.69, 9.17) is 5.73 Å². The van der Waals surface area contributed by atoms with Crippen molar-refractivity contribution in [2.45, 2.75) is 31.1 Å².